The van der Waals surface area contributed by atoms with Crippen LogP contribution in [0.2, 0.25) is 0 Å². The second kappa shape index (κ2) is 5.08. The van der Waals surface area contributed by atoms with Gasteiger partial charge in [-0.1, -0.05) is 42.0 Å². The summed E-state index contributed by atoms with van der Waals surface area (Å²) in [4.78, 5) is 2.65. The van der Waals surface area contributed by atoms with Gasteiger partial charge in [-0.05, 0) is 19.5 Å². The van der Waals surface area contributed by atoms with Gasteiger partial charge in [0.05, 0.1) is 4.99 Å². The van der Waals surface area contributed by atoms with Crippen LogP contribution in [0.25, 0.3) is 0 Å². The second-order valence-corrected chi connectivity index (χ2v) is 4.15. The molecule has 2 nitrogen and oxygen atoms in total. The Morgan fingerprint density at radius 3 is 2.79 bits per heavy atom. The summed E-state index contributed by atoms with van der Waals surface area (Å²) in [6, 6.07) is 8.45. The quantitative estimate of drug-likeness (QED) is 0.764. The summed E-state index contributed by atoms with van der Waals surface area (Å²) in [6.07, 6.45) is 0. The highest BCUT2D eigenvalue weighted by Gasteiger charge is 2.01. The largest absolute Gasteiger partial charge is 0.392 e. The minimum atomic E-state index is 0.542. The number of aryl methyl sites for hydroxylation is 1. The van der Waals surface area contributed by atoms with E-state index in [2.05, 4.69) is 36.1 Å². The maximum Gasteiger partial charge on any atom is 0.0870 e. The van der Waals surface area contributed by atoms with E-state index in [1.165, 1.54) is 11.1 Å². The number of thiocarbonyl (C=S) groups is 1. The van der Waals surface area contributed by atoms with Gasteiger partial charge in [-0.3, -0.25) is 4.90 Å². The number of nitrogens with zero attached hydrogens (tertiary/aromatic N) is 1. The number of hydrogen-bond acceptors (Lipinski definition) is 2. The highest BCUT2D eigenvalue weighted by atomic mass is 32.1. The van der Waals surface area contributed by atoms with Gasteiger partial charge in [0.2, 0.25) is 0 Å². The molecule has 0 bridgehead atoms. The maximum absolute atomic E-state index is 5.47. The molecule has 0 radical (unpaired) electrons. The van der Waals surface area contributed by atoms with Gasteiger partial charge in [0.15, 0.2) is 0 Å². The Labute approximate surface area is 90.7 Å². The highest BCUT2D eigenvalue weighted by Crippen LogP contribution is 2.06. The van der Waals surface area contributed by atoms with Crippen LogP contribution in [0.4, 0.5) is 0 Å². The molecule has 0 aliphatic rings. The molecule has 1 aromatic rings. The lowest BCUT2D eigenvalue weighted by Crippen LogP contribution is -2.28. The van der Waals surface area contributed by atoms with Crippen LogP contribution >= 0.6 is 12.2 Å². The molecule has 0 saturated heterocycles. The van der Waals surface area contributed by atoms with Crippen molar-refractivity contribution < 1.29 is 0 Å². The molecule has 14 heavy (non-hydrogen) atoms. The Morgan fingerprint density at radius 2 is 2.21 bits per heavy atom. The highest BCUT2D eigenvalue weighted by molar-refractivity contribution is 7.80. The van der Waals surface area contributed by atoms with Crippen molar-refractivity contribution in [2.24, 2.45) is 5.73 Å². The van der Waals surface area contributed by atoms with Crippen molar-refractivity contribution in [3.63, 3.8) is 0 Å². The predicted molar refractivity (Wildman–Crippen MR) is 64.3 cm³/mol. The molecule has 0 saturated carbocycles. The molecule has 3 heteroatoms. The number of rotatable bonds is 4. The van der Waals surface area contributed by atoms with Gasteiger partial charge < -0.3 is 5.73 Å². The van der Waals surface area contributed by atoms with Crippen LogP contribution in [0.15, 0.2) is 24.3 Å². The lowest BCUT2D eigenvalue weighted by molar-refractivity contribution is 0.374. The first-order valence-electron chi connectivity index (χ1n) is 4.60. The van der Waals surface area contributed by atoms with Gasteiger partial charge in [0.1, 0.15) is 0 Å². The summed E-state index contributed by atoms with van der Waals surface area (Å²) >= 11 is 4.85. The van der Waals surface area contributed by atoms with Crippen molar-refractivity contribution in [3.8, 4) is 0 Å². The van der Waals surface area contributed by atoms with E-state index in [4.69, 9.17) is 18.0 Å². The van der Waals surface area contributed by atoms with E-state index in [-0.39, 0.29) is 0 Å². The van der Waals surface area contributed by atoms with Gasteiger partial charge in [0, 0.05) is 13.1 Å². The molecule has 76 valence electrons. The van der Waals surface area contributed by atoms with Crippen LogP contribution in [0.1, 0.15) is 11.1 Å². The van der Waals surface area contributed by atoms with Crippen LogP contribution in [0.3, 0.4) is 0 Å². The van der Waals surface area contributed by atoms with Crippen LogP contribution in [-0.2, 0) is 6.54 Å². The summed E-state index contributed by atoms with van der Waals surface area (Å²) < 4.78 is 0. The Hall–Kier alpha value is -0.930. The monoisotopic (exact) mass is 208 g/mol. The van der Waals surface area contributed by atoms with Gasteiger partial charge in [0.25, 0.3) is 0 Å². The first kappa shape index (κ1) is 11.1. The molecule has 0 fully saturated rings. The minimum absolute atomic E-state index is 0.542. The van der Waals surface area contributed by atoms with Crippen LogP contribution in [0.5, 0.6) is 0 Å². The lowest BCUT2D eigenvalue weighted by Gasteiger charge is -2.15. The molecular formula is C11H16N2S. The number of benzene rings is 1. The van der Waals surface area contributed by atoms with Gasteiger partial charge in [-0.15, -0.1) is 0 Å². The summed E-state index contributed by atoms with van der Waals surface area (Å²) in [6.45, 7) is 3.65. The molecule has 0 spiro atoms. The topological polar surface area (TPSA) is 29.3 Å². The SMILES string of the molecule is Cc1cccc(CN(C)CC(N)=S)c1. The Morgan fingerprint density at radius 1 is 1.50 bits per heavy atom. The summed E-state index contributed by atoms with van der Waals surface area (Å²) in [7, 11) is 2.02. The second-order valence-electron chi connectivity index (χ2n) is 3.63. The number of hydrogen-bond donors (Lipinski definition) is 1. The van der Waals surface area contributed by atoms with E-state index in [0.29, 0.717) is 11.5 Å². The summed E-state index contributed by atoms with van der Waals surface area (Å²) in [5.41, 5.74) is 8.05. The van der Waals surface area contributed by atoms with E-state index in [1.54, 1.807) is 0 Å². The first-order chi connectivity index (χ1) is 6.58. The van der Waals surface area contributed by atoms with E-state index < -0.39 is 0 Å². The zero-order valence-corrected chi connectivity index (χ0v) is 9.47. The van der Waals surface area contributed by atoms with Crippen molar-refractivity contribution >= 4 is 17.2 Å². The van der Waals surface area contributed by atoms with E-state index >= 15 is 0 Å². The number of likely N-dealkylation sites (N-methyl/N-ethyl adjacent to an activating group) is 1. The van der Waals surface area contributed by atoms with Crippen molar-refractivity contribution in [2.45, 2.75) is 13.5 Å². The fraction of sp³-hybridized carbons (Fsp3) is 0.364. The van der Waals surface area contributed by atoms with Crippen molar-refractivity contribution in [2.75, 3.05) is 13.6 Å². The first-order valence-corrected chi connectivity index (χ1v) is 5.01. The third-order valence-electron chi connectivity index (χ3n) is 1.96. The molecule has 2 N–H and O–H groups in total. The standard InChI is InChI=1S/C11H16N2S/c1-9-4-3-5-10(6-9)7-13(2)8-11(12)14/h3-6H,7-8H2,1-2H3,(H2,12,14). The van der Waals surface area contributed by atoms with E-state index in [0.717, 1.165) is 6.54 Å². The van der Waals surface area contributed by atoms with Gasteiger partial charge in [-0.2, -0.15) is 0 Å². The Kier molecular flexibility index (Phi) is 4.04. The fourth-order valence-electron chi connectivity index (χ4n) is 1.44. The van der Waals surface area contributed by atoms with Gasteiger partial charge in [-0.25, -0.2) is 0 Å². The van der Waals surface area contributed by atoms with Crippen molar-refractivity contribution in [1.82, 2.24) is 4.90 Å². The third-order valence-corrected chi connectivity index (χ3v) is 2.09. The van der Waals surface area contributed by atoms with Crippen molar-refractivity contribution in [3.05, 3.63) is 35.4 Å². The smallest absolute Gasteiger partial charge is 0.0870 e. The fourth-order valence-corrected chi connectivity index (χ4v) is 1.66. The van der Waals surface area contributed by atoms with E-state index in [9.17, 15) is 0 Å². The molecule has 1 aromatic carbocycles. The molecular weight excluding hydrogens is 192 g/mol. The molecule has 0 atom stereocenters. The average Bonchev–Trinajstić information content (AvgIpc) is 2.01. The molecule has 0 aliphatic heterocycles. The molecule has 0 heterocycles. The lowest BCUT2D eigenvalue weighted by atomic mass is 10.1. The Balaban J connectivity index is 2.55. The van der Waals surface area contributed by atoms with E-state index in [1.807, 2.05) is 7.05 Å². The maximum atomic E-state index is 5.47. The molecule has 0 unspecified atom stereocenters. The summed E-state index contributed by atoms with van der Waals surface area (Å²) in [5.74, 6) is 0. The molecule has 0 aromatic heterocycles. The van der Waals surface area contributed by atoms with Crippen LogP contribution < -0.4 is 5.73 Å². The third kappa shape index (κ3) is 3.85. The normalized spacial score (nSPS) is 10.5. The minimum Gasteiger partial charge on any atom is -0.392 e. The molecule has 0 aliphatic carbocycles. The van der Waals surface area contributed by atoms with Crippen LogP contribution in [0, 0.1) is 6.92 Å². The zero-order valence-electron chi connectivity index (χ0n) is 8.66. The molecule has 0 amide bonds. The summed E-state index contributed by atoms with van der Waals surface area (Å²) in [5, 5.41) is 0. The average molecular weight is 208 g/mol. The predicted octanol–water partition coefficient (Wildman–Crippen LogP) is 1.71. The molecule has 1 rings (SSSR count). The zero-order chi connectivity index (χ0) is 10.6. The van der Waals surface area contributed by atoms with Crippen LogP contribution in [-0.4, -0.2) is 23.5 Å². The number of nitrogens with two attached hydrogens (primary N) is 1. The van der Waals surface area contributed by atoms with Crippen molar-refractivity contribution in [1.29, 1.82) is 0 Å². The Bertz CT molecular complexity index is 323. The van der Waals surface area contributed by atoms with Gasteiger partial charge >= 0.3 is 0 Å².